The molecule has 0 saturated heterocycles. The second kappa shape index (κ2) is 8.83. The second-order valence-corrected chi connectivity index (χ2v) is 14.6. The molecule has 4 N–H and O–H groups in total. The Hall–Kier alpha value is -1.83. The number of carbonyl (C=O) groups is 3. The van der Waals surface area contributed by atoms with E-state index in [1.54, 1.807) is 0 Å². The Morgan fingerprint density at radius 2 is 1.77 bits per heavy atom. The minimum atomic E-state index is -1.07. The Morgan fingerprint density at radius 1 is 1.10 bits per heavy atom. The number of aliphatic hydroxyl groups excluding tert-OH is 3. The molecule has 5 aliphatic carbocycles. The highest BCUT2D eigenvalue weighted by atomic mass is 16.4. The predicted molar refractivity (Wildman–Crippen MR) is 146 cm³/mol. The molecule has 0 radical (unpaired) electrons. The number of Topliss-reactive ketones (excluding diaryl/α,β-unsaturated/α-hetero) is 2. The van der Waals surface area contributed by atoms with Crippen LogP contribution in [0.15, 0.2) is 22.8 Å². The van der Waals surface area contributed by atoms with Crippen molar-refractivity contribution in [3.63, 3.8) is 0 Å². The van der Waals surface area contributed by atoms with Crippen LogP contribution in [0.1, 0.15) is 99.3 Å². The minimum Gasteiger partial charge on any atom is -0.478 e. The topological polar surface area (TPSA) is 132 Å². The van der Waals surface area contributed by atoms with Crippen molar-refractivity contribution in [2.45, 2.75) is 118 Å². The zero-order chi connectivity index (χ0) is 28.9. The first kappa shape index (κ1) is 28.7. The smallest absolute Gasteiger partial charge is 0.331 e. The van der Waals surface area contributed by atoms with Crippen LogP contribution in [0.5, 0.6) is 0 Å². The highest BCUT2D eigenvalue weighted by Gasteiger charge is 2.77. The molecule has 39 heavy (non-hydrogen) atoms. The van der Waals surface area contributed by atoms with Crippen molar-refractivity contribution >= 4 is 17.5 Å². The lowest BCUT2D eigenvalue weighted by Gasteiger charge is -2.65. The van der Waals surface area contributed by atoms with Gasteiger partial charge in [-0.25, -0.2) is 4.79 Å². The van der Waals surface area contributed by atoms with Gasteiger partial charge in [-0.1, -0.05) is 41.0 Å². The van der Waals surface area contributed by atoms with Crippen LogP contribution in [0.2, 0.25) is 0 Å². The Labute approximate surface area is 231 Å². The predicted octanol–water partition coefficient (Wildman–Crippen LogP) is 4.38. The number of hydrogen-bond acceptors (Lipinski definition) is 6. The Balaban J connectivity index is 1.63. The lowest BCUT2D eigenvalue weighted by molar-refractivity contribution is -0.155. The van der Waals surface area contributed by atoms with E-state index >= 15 is 0 Å². The molecule has 5 aliphatic rings. The molecule has 3 saturated carbocycles. The van der Waals surface area contributed by atoms with E-state index in [0.717, 1.165) is 18.4 Å². The van der Waals surface area contributed by atoms with Gasteiger partial charge in [0, 0.05) is 40.2 Å². The first-order valence-electron chi connectivity index (χ1n) is 14.8. The van der Waals surface area contributed by atoms with Gasteiger partial charge in [-0.3, -0.25) is 9.59 Å². The zero-order valence-electron chi connectivity index (χ0n) is 24.3. The van der Waals surface area contributed by atoms with E-state index < -0.39 is 51.4 Å². The van der Waals surface area contributed by atoms with E-state index in [1.807, 2.05) is 13.8 Å². The summed E-state index contributed by atoms with van der Waals surface area (Å²) in [7, 11) is 0. The van der Waals surface area contributed by atoms with Crippen LogP contribution in [-0.4, -0.2) is 56.3 Å². The van der Waals surface area contributed by atoms with Gasteiger partial charge in [-0.05, 0) is 79.8 Å². The first-order valence-corrected chi connectivity index (χ1v) is 14.8. The zero-order valence-corrected chi connectivity index (χ0v) is 24.3. The molecule has 7 nitrogen and oxygen atoms in total. The number of carboxylic acids is 1. The van der Waals surface area contributed by atoms with E-state index in [9.17, 15) is 34.8 Å². The molecule has 0 aromatic carbocycles. The number of ketones is 2. The Bertz CT molecular complexity index is 1180. The summed E-state index contributed by atoms with van der Waals surface area (Å²) in [4.78, 5) is 38.6. The SMILES string of the molecule is CC(=CC(O)CC(C)C12CCCC3(C4=C(C(=O)CC13C)C1(C)CCC(=O)C(C)(C)C1CC4O)C(O)C2)C(=O)O. The molecule has 2 bridgehead atoms. The summed E-state index contributed by atoms with van der Waals surface area (Å²) < 4.78 is 0. The maximum atomic E-state index is 14.4. The number of carbonyl (C=O) groups excluding carboxylic acids is 2. The average Bonchev–Trinajstić information content (AvgIpc) is 2.92. The fraction of sp³-hybridized carbons (Fsp3) is 0.781. The maximum Gasteiger partial charge on any atom is 0.331 e. The van der Waals surface area contributed by atoms with Gasteiger partial charge in [0.1, 0.15) is 5.78 Å². The van der Waals surface area contributed by atoms with E-state index in [0.29, 0.717) is 44.1 Å². The molecule has 9 unspecified atom stereocenters. The third-order valence-corrected chi connectivity index (χ3v) is 12.9. The number of aliphatic carboxylic acids is 1. The number of carboxylic acid groups (broad SMARTS) is 1. The highest BCUT2D eigenvalue weighted by molar-refractivity contribution is 6.01. The molecule has 7 heteroatoms. The van der Waals surface area contributed by atoms with Crippen molar-refractivity contribution in [1.82, 2.24) is 0 Å². The van der Waals surface area contributed by atoms with E-state index in [2.05, 4.69) is 20.8 Å². The molecule has 0 aromatic heterocycles. The van der Waals surface area contributed by atoms with Crippen LogP contribution < -0.4 is 0 Å². The summed E-state index contributed by atoms with van der Waals surface area (Å²) >= 11 is 0. The fourth-order valence-corrected chi connectivity index (χ4v) is 10.9. The van der Waals surface area contributed by atoms with Gasteiger partial charge in [0.25, 0.3) is 0 Å². The van der Waals surface area contributed by atoms with Gasteiger partial charge in [-0.15, -0.1) is 0 Å². The third-order valence-electron chi connectivity index (χ3n) is 12.9. The van der Waals surface area contributed by atoms with E-state index in [1.165, 1.54) is 13.0 Å². The average molecular weight is 543 g/mol. The van der Waals surface area contributed by atoms with E-state index in [4.69, 9.17) is 0 Å². The van der Waals surface area contributed by atoms with Gasteiger partial charge in [0.15, 0.2) is 5.78 Å². The number of allylic oxidation sites excluding steroid dienone is 1. The highest BCUT2D eigenvalue weighted by Crippen LogP contribution is 2.79. The minimum absolute atomic E-state index is 0.0364. The number of fused-ring (bicyclic) bond motifs is 2. The van der Waals surface area contributed by atoms with Gasteiger partial charge in [-0.2, -0.15) is 0 Å². The summed E-state index contributed by atoms with van der Waals surface area (Å²) in [5.74, 6) is -1.07. The standard InChI is InChI=1S/C32H46O7/c1-17(27(38)39)12-19(33)13-18(2)31-9-7-10-32(24(37)16-31)26-20(34)14-22-28(3,4)23(36)8-11-29(22,5)25(26)21(35)15-30(31,32)6/h12,18-20,22,24,33-34,37H,7-11,13-16H2,1-6H3,(H,38,39). The molecule has 0 aromatic rings. The summed E-state index contributed by atoms with van der Waals surface area (Å²) in [6, 6.07) is 0. The molecule has 5 rings (SSSR count). The van der Waals surface area contributed by atoms with Crippen LogP contribution in [0.3, 0.4) is 0 Å². The van der Waals surface area contributed by atoms with Gasteiger partial charge in [0.05, 0.1) is 18.3 Å². The first-order chi connectivity index (χ1) is 18.0. The maximum absolute atomic E-state index is 14.4. The molecule has 3 fully saturated rings. The quantitative estimate of drug-likeness (QED) is 0.379. The van der Waals surface area contributed by atoms with Crippen molar-refractivity contribution in [1.29, 1.82) is 0 Å². The number of rotatable bonds is 5. The van der Waals surface area contributed by atoms with Crippen LogP contribution in [0.4, 0.5) is 0 Å². The normalized spacial score (nSPS) is 44.8. The summed E-state index contributed by atoms with van der Waals surface area (Å²) in [6.07, 6.45) is 3.67. The number of aliphatic hydroxyl groups is 3. The molecule has 0 heterocycles. The van der Waals surface area contributed by atoms with Crippen LogP contribution in [0.25, 0.3) is 0 Å². The summed E-state index contributed by atoms with van der Waals surface area (Å²) in [5.41, 5.74) is -1.42. The third kappa shape index (κ3) is 3.48. The van der Waals surface area contributed by atoms with Crippen molar-refractivity contribution in [2.24, 2.45) is 38.9 Å². The Morgan fingerprint density at radius 3 is 2.41 bits per heavy atom. The summed E-state index contributed by atoms with van der Waals surface area (Å²) in [5, 5.41) is 44.0. The largest absolute Gasteiger partial charge is 0.478 e. The van der Waals surface area contributed by atoms with Crippen molar-refractivity contribution in [3.8, 4) is 0 Å². The van der Waals surface area contributed by atoms with Gasteiger partial charge < -0.3 is 20.4 Å². The lowest BCUT2D eigenvalue weighted by atomic mass is 9.38. The monoisotopic (exact) mass is 542 g/mol. The molecular formula is C32H46O7. The van der Waals surface area contributed by atoms with Gasteiger partial charge >= 0.3 is 5.97 Å². The molecule has 216 valence electrons. The molecule has 0 aliphatic heterocycles. The summed E-state index contributed by atoms with van der Waals surface area (Å²) in [6.45, 7) is 11.7. The second-order valence-electron chi connectivity index (χ2n) is 14.6. The van der Waals surface area contributed by atoms with Crippen molar-refractivity contribution in [2.75, 3.05) is 0 Å². The molecule has 0 amide bonds. The lowest BCUT2D eigenvalue weighted by Crippen LogP contribution is -2.63. The van der Waals surface area contributed by atoms with E-state index in [-0.39, 0.29) is 35.4 Å². The Kier molecular flexibility index (Phi) is 6.50. The van der Waals surface area contributed by atoms with Gasteiger partial charge in [0.2, 0.25) is 0 Å². The van der Waals surface area contributed by atoms with Crippen molar-refractivity contribution in [3.05, 3.63) is 22.8 Å². The number of hydrogen-bond donors (Lipinski definition) is 4. The van der Waals surface area contributed by atoms with Crippen LogP contribution >= 0.6 is 0 Å². The van der Waals surface area contributed by atoms with Crippen molar-refractivity contribution < 1.29 is 34.8 Å². The molecule has 9 atom stereocenters. The fourth-order valence-electron chi connectivity index (χ4n) is 10.9. The van der Waals surface area contributed by atoms with Crippen LogP contribution in [0, 0.1) is 38.9 Å². The molecule has 0 spiro atoms. The molecular weight excluding hydrogens is 496 g/mol. The van der Waals surface area contributed by atoms with Crippen LogP contribution in [-0.2, 0) is 14.4 Å².